The van der Waals surface area contributed by atoms with Gasteiger partial charge in [-0.05, 0) is 23.6 Å². The summed E-state index contributed by atoms with van der Waals surface area (Å²) in [5.74, 6) is -0.529. The Morgan fingerprint density at radius 2 is 2.00 bits per heavy atom. The summed E-state index contributed by atoms with van der Waals surface area (Å²) in [7, 11) is 0. The van der Waals surface area contributed by atoms with Crippen molar-refractivity contribution in [3.8, 4) is 6.07 Å². The van der Waals surface area contributed by atoms with Crippen molar-refractivity contribution in [2.75, 3.05) is 6.61 Å². The van der Waals surface area contributed by atoms with Crippen molar-refractivity contribution in [3.05, 3.63) is 64.9 Å². The summed E-state index contributed by atoms with van der Waals surface area (Å²) in [6.45, 7) is 0.000896. The van der Waals surface area contributed by atoms with Gasteiger partial charge >= 0.3 is 0 Å². The van der Waals surface area contributed by atoms with E-state index in [4.69, 9.17) is 11.6 Å². The molecule has 2 aromatic rings. The Kier molecular flexibility index (Phi) is 5.11. The summed E-state index contributed by atoms with van der Waals surface area (Å²) >= 11 is 6.21. The van der Waals surface area contributed by atoms with Crippen LogP contribution in [0.4, 0.5) is 0 Å². The van der Waals surface area contributed by atoms with Gasteiger partial charge in [0.1, 0.15) is 0 Å². The molecule has 0 amide bonds. The highest BCUT2D eigenvalue weighted by atomic mass is 35.5. The SMILES string of the molecule is N#C[C@@H](c1ccccc1)[C@H](CCO)c1cnccc1Cl. The van der Waals surface area contributed by atoms with Gasteiger partial charge in [0.2, 0.25) is 0 Å². The molecule has 0 unspecified atom stereocenters. The van der Waals surface area contributed by atoms with E-state index >= 15 is 0 Å². The molecule has 2 atom stereocenters. The fourth-order valence-corrected chi connectivity index (χ4v) is 2.61. The maximum absolute atomic E-state index is 9.53. The number of aliphatic hydroxyl groups excluding tert-OH is 1. The molecule has 1 N–H and O–H groups in total. The Balaban J connectivity index is 2.42. The molecule has 0 fully saturated rings. The topological polar surface area (TPSA) is 56.9 Å². The molecule has 1 aromatic carbocycles. The fourth-order valence-electron chi connectivity index (χ4n) is 2.36. The van der Waals surface area contributed by atoms with Gasteiger partial charge < -0.3 is 5.11 Å². The highest BCUT2D eigenvalue weighted by Gasteiger charge is 2.26. The number of nitriles is 1. The molecule has 2 rings (SSSR count). The normalized spacial score (nSPS) is 13.4. The number of pyridine rings is 1. The standard InChI is InChI=1S/C16H15ClN2O/c17-16-6-8-19-11-15(16)13(7-9-20)14(10-18)12-4-2-1-3-5-12/h1-6,8,11,13-14,20H,7,9H2/t13-,14-/m0/s1. The van der Waals surface area contributed by atoms with Crippen LogP contribution in [-0.4, -0.2) is 16.7 Å². The quantitative estimate of drug-likeness (QED) is 0.915. The second-order valence-electron chi connectivity index (χ2n) is 4.53. The number of rotatable bonds is 5. The van der Waals surface area contributed by atoms with Crippen LogP contribution in [0.1, 0.15) is 29.4 Å². The number of nitrogens with zero attached hydrogens (tertiary/aromatic N) is 2. The zero-order valence-corrected chi connectivity index (χ0v) is 11.7. The van der Waals surface area contributed by atoms with Crippen molar-refractivity contribution in [2.45, 2.75) is 18.3 Å². The summed E-state index contributed by atoms with van der Waals surface area (Å²) in [4.78, 5) is 4.08. The first-order valence-electron chi connectivity index (χ1n) is 6.42. The second-order valence-corrected chi connectivity index (χ2v) is 4.94. The zero-order valence-electron chi connectivity index (χ0n) is 10.9. The predicted octanol–water partition coefficient (Wildman–Crippen LogP) is 3.51. The van der Waals surface area contributed by atoms with Gasteiger partial charge in [-0.2, -0.15) is 5.26 Å². The van der Waals surface area contributed by atoms with E-state index in [-0.39, 0.29) is 18.4 Å². The Labute approximate surface area is 123 Å². The van der Waals surface area contributed by atoms with Crippen LogP contribution in [0.5, 0.6) is 0 Å². The molecule has 20 heavy (non-hydrogen) atoms. The lowest BCUT2D eigenvalue weighted by Crippen LogP contribution is -2.12. The molecule has 0 aliphatic carbocycles. The number of hydrogen-bond acceptors (Lipinski definition) is 3. The van der Waals surface area contributed by atoms with E-state index in [1.54, 1.807) is 18.5 Å². The molecule has 0 bridgehead atoms. The predicted molar refractivity (Wildman–Crippen MR) is 78.5 cm³/mol. The third kappa shape index (κ3) is 3.16. The number of hydrogen-bond donors (Lipinski definition) is 1. The number of halogens is 1. The molecule has 3 nitrogen and oxygen atoms in total. The first kappa shape index (κ1) is 14.5. The van der Waals surface area contributed by atoms with Crippen molar-refractivity contribution in [1.82, 2.24) is 4.98 Å². The van der Waals surface area contributed by atoms with Crippen LogP contribution in [0.15, 0.2) is 48.8 Å². The van der Waals surface area contributed by atoms with E-state index in [1.807, 2.05) is 30.3 Å². The molecule has 1 heterocycles. The van der Waals surface area contributed by atoms with Crippen molar-refractivity contribution < 1.29 is 5.11 Å². The number of aromatic nitrogens is 1. The van der Waals surface area contributed by atoms with Crippen LogP contribution >= 0.6 is 11.6 Å². The summed E-state index contributed by atoms with van der Waals surface area (Å²) < 4.78 is 0. The molecule has 102 valence electrons. The average molecular weight is 287 g/mol. The van der Waals surface area contributed by atoms with Crippen LogP contribution in [0, 0.1) is 11.3 Å². The molecule has 0 aliphatic rings. The van der Waals surface area contributed by atoms with Crippen molar-refractivity contribution in [2.24, 2.45) is 0 Å². The van der Waals surface area contributed by atoms with Gasteiger partial charge in [0.05, 0.1) is 12.0 Å². The molecule has 0 saturated heterocycles. The van der Waals surface area contributed by atoms with Crippen LogP contribution in [-0.2, 0) is 0 Å². The van der Waals surface area contributed by atoms with Crippen molar-refractivity contribution >= 4 is 11.6 Å². The first-order chi connectivity index (χ1) is 9.77. The van der Waals surface area contributed by atoms with Gasteiger partial charge in [-0.1, -0.05) is 41.9 Å². The molecule has 0 aliphatic heterocycles. The first-order valence-corrected chi connectivity index (χ1v) is 6.80. The Morgan fingerprint density at radius 3 is 2.60 bits per heavy atom. The third-order valence-corrected chi connectivity index (χ3v) is 3.68. The number of aliphatic hydroxyl groups is 1. The molecular weight excluding hydrogens is 272 g/mol. The van der Waals surface area contributed by atoms with E-state index < -0.39 is 0 Å². The molecule has 0 radical (unpaired) electrons. The summed E-state index contributed by atoms with van der Waals surface area (Å²) in [6.07, 6.45) is 3.76. The van der Waals surface area contributed by atoms with Gasteiger partial charge in [0.15, 0.2) is 0 Å². The summed E-state index contributed by atoms with van der Waals surface area (Å²) in [6, 6.07) is 13.6. The molecule has 4 heteroatoms. The summed E-state index contributed by atoms with van der Waals surface area (Å²) in [5.41, 5.74) is 1.73. The van der Waals surface area contributed by atoms with E-state index in [0.29, 0.717) is 11.4 Å². The number of benzene rings is 1. The van der Waals surface area contributed by atoms with Gasteiger partial charge in [0.25, 0.3) is 0 Å². The molecule has 1 aromatic heterocycles. The Morgan fingerprint density at radius 1 is 1.25 bits per heavy atom. The summed E-state index contributed by atoms with van der Waals surface area (Å²) in [5, 5.41) is 19.4. The smallest absolute Gasteiger partial charge is 0.0783 e. The lowest BCUT2D eigenvalue weighted by atomic mass is 9.81. The van der Waals surface area contributed by atoms with Crippen molar-refractivity contribution in [3.63, 3.8) is 0 Å². The van der Waals surface area contributed by atoms with E-state index in [1.165, 1.54) is 0 Å². The zero-order chi connectivity index (χ0) is 14.4. The van der Waals surface area contributed by atoms with Crippen LogP contribution < -0.4 is 0 Å². The van der Waals surface area contributed by atoms with Gasteiger partial charge in [-0.3, -0.25) is 4.98 Å². The van der Waals surface area contributed by atoms with Gasteiger partial charge in [0, 0.05) is 29.9 Å². The maximum Gasteiger partial charge on any atom is 0.0783 e. The van der Waals surface area contributed by atoms with Crippen LogP contribution in [0.25, 0.3) is 0 Å². The van der Waals surface area contributed by atoms with E-state index in [9.17, 15) is 10.4 Å². The van der Waals surface area contributed by atoms with Crippen molar-refractivity contribution in [1.29, 1.82) is 5.26 Å². The van der Waals surface area contributed by atoms with E-state index in [2.05, 4.69) is 11.1 Å². The van der Waals surface area contributed by atoms with Gasteiger partial charge in [-0.25, -0.2) is 0 Å². The Bertz CT molecular complexity index is 595. The largest absolute Gasteiger partial charge is 0.396 e. The second kappa shape index (κ2) is 7.04. The highest BCUT2D eigenvalue weighted by Crippen LogP contribution is 2.37. The minimum atomic E-state index is -0.356. The molecular formula is C16H15ClN2O. The minimum absolute atomic E-state index is 0.000896. The molecule has 0 spiro atoms. The monoisotopic (exact) mass is 286 g/mol. The lowest BCUT2D eigenvalue weighted by molar-refractivity contribution is 0.272. The third-order valence-electron chi connectivity index (χ3n) is 3.34. The molecule has 0 saturated carbocycles. The highest BCUT2D eigenvalue weighted by molar-refractivity contribution is 6.31. The Hall–Kier alpha value is -1.89. The van der Waals surface area contributed by atoms with Crippen LogP contribution in [0.2, 0.25) is 5.02 Å². The van der Waals surface area contributed by atoms with Crippen LogP contribution in [0.3, 0.4) is 0 Å². The lowest BCUT2D eigenvalue weighted by Gasteiger charge is -2.22. The van der Waals surface area contributed by atoms with Gasteiger partial charge in [-0.15, -0.1) is 0 Å². The minimum Gasteiger partial charge on any atom is -0.396 e. The average Bonchev–Trinajstić information content (AvgIpc) is 2.49. The van der Waals surface area contributed by atoms with E-state index in [0.717, 1.165) is 11.1 Å². The maximum atomic E-state index is 9.53. The fraction of sp³-hybridized carbons (Fsp3) is 0.250.